The van der Waals surface area contributed by atoms with E-state index in [0.717, 1.165) is 11.3 Å². The molecule has 21 heavy (non-hydrogen) atoms. The van der Waals surface area contributed by atoms with Crippen LogP contribution in [0, 0.1) is 0 Å². The van der Waals surface area contributed by atoms with Gasteiger partial charge in [-0.05, 0) is 24.1 Å². The molecule has 2 rings (SSSR count). The van der Waals surface area contributed by atoms with Crippen molar-refractivity contribution in [2.45, 2.75) is 19.8 Å². The van der Waals surface area contributed by atoms with Crippen molar-refractivity contribution in [1.82, 2.24) is 9.97 Å². The van der Waals surface area contributed by atoms with E-state index in [1.54, 1.807) is 25.3 Å². The highest BCUT2D eigenvalue weighted by Gasteiger charge is 2.16. The number of halogens is 1. The van der Waals surface area contributed by atoms with Gasteiger partial charge in [-0.2, -0.15) is 0 Å². The number of nitrogens with zero attached hydrogens (tertiary/aromatic N) is 2. The van der Waals surface area contributed by atoms with Crippen LogP contribution in [0.5, 0.6) is 5.75 Å². The monoisotopic (exact) mass is 307 g/mol. The summed E-state index contributed by atoms with van der Waals surface area (Å²) < 4.78 is 5.32. The standard InChI is InChI=1S/C14H18ClN5O/c1-8(2)12-13(17-7-18-14(12)20-16)19-10-6-9(15)4-5-11(10)21-3/h4-8H,16H2,1-3H3,(H2,17,18,19,20). The fourth-order valence-electron chi connectivity index (χ4n) is 2.06. The van der Waals surface area contributed by atoms with Crippen LogP contribution in [0.3, 0.4) is 0 Å². The molecule has 0 aliphatic heterocycles. The molecule has 0 saturated carbocycles. The zero-order valence-corrected chi connectivity index (χ0v) is 12.9. The summed E-state index contributed by atoms with van der Waals surface area (Å²) in [5.74, 6) is 7.63. The molecule has 7 heteroatoms. The first kappa shape index (κ1) is 15.3. The summed E-state index contributed by atoms with van der Waals surface area (Å²) in [6.07, 6.45) is 1.44. The van der Waals surface area contributed by atoms with Crippen molar-refractivity contribution >= 4 is 28.9 Å². The maximum Gasteiger partial charge on any atom is 0.148 e. The van der Waals surface area contributed by atoms with E-state index in [4.69, 9.17) is 22.2 Å². The number of hydrazine groups is 1. The molecule has 1 aromatic heterocycles. The second-order valence-corrected chi connectivity index (χ2v) is 5.19. The van der Waals surface area contributed by atoms with Gasteiger partial charge in [0, 0.05) is 10.6 Å². The number of rotatable bonds is 5. The highest BCUT2D eigenvalue weighted by atomic mass is 35.5. The van der Waals surface area contributed by atoms with Crippen molar-refractivity contribution in [3.63, 3.8) is 0 Å². The third kappa shape index (κ3) is 3.34. The molecule has 0 fully saturated rings. The van der Waals surface area contributed by atoms with E-state index >= 15 is 0 Å². The van der Waals surface area contributed by atoms with Crippen LogP contribution in [0.1, 0.15) is 25.3 Å². The SMILES string of the molecule is COc1ccc(Cl)cc1Nc1ncnc(NN)c1C(C)C. The fraction of sp³-hybridized carbons (Fsp3) is 0.286. The predicted octanol–water partition coefficient (Wildman–Crippen LogP) is 3.29. The summed E-state index contributed by atoms with van der Waals surface area (Å²) in [5.41, 5.74) is 4.22. The van der Waals surface area contributed by atoms with Crippen LogP contribution in [0.2, 0.25) is 5.02 Å². The Balaban J connectivity index is 2.47. The number of aromatic nitrogens is 2. The lowest BCUT2D eigenvalue weighted by Gasteiger charge is -2.17. The summed E-state index contributed by atoms with van der Waals surface area (Å²) in [6, 6.07) is 5.34. The molecule has 0 atom stereocenters. The van der Waals surface area contributed by atoms with Crippen molar-refractivity contribution in [2.24, 2.45) is 5.84 Å². The van der Waals surface area contributed by atoms with Crippen LogP contribution in [0.15, 0.2) is 24.5 Å². The van der Waals surface area contributed by atoms with Gasteiger partial charge >= 0.3 is 0 Å². The summed E-state index contributed by atoms with van der Waals surface area (Å²) >= 11 is 6.04. The topological polar surface area (TPSA) is 85.1 Å². The van der Waals surface area contributed by atoms with Crippen LogP contribution in [-0.4, -0.2) is 17.1 Å². The smallest absolute Gasteiger partial charge is 0.148 e. The summed E-state index contributed by atoms with van der Waals surface area (Å²) in [5, 5.41) is 3.84. The Morgan fingerprint density at radius 2 is 1.95 bits per heavy atom. The number of hydrogen-bond acceptors (Lipinski definition) is 6. The highest BCUT2D eigenvalue weighted by molar-refractivity contribution is 6.31. The Kier molecular flexibility index (Phi) is 4.82. The number of benzene rings is 1. The van der Waals surface area contributed by atoms with Crippen molar-refractivity contribution < 1.29 is 4.74 Å². The largest absolute Gasteiger partial charge is 0.495 e. The molecule has 0 aliphatic carbocycles. The maximum absolute atomic E-state index is 6.04. The minimum absolute atomic E-state index is 0.185. The Labute approximate surface area is 128 Å². The number of nitrogens with one attached hydrogen (secondary N) is 2. The second kappa shape index (κ2) is 6.60. The molecule has 2 aromatic rings. The van der Waals surface area contributed by atoms with Gasteiger partial charge in [-0.25, -0.2) is 15.8 Å². The van der Waals surface area contributed by atoms with Crippen LogP contribution in [0.4, 0.5) is 17.3 Å². The Bertz CT molecular complexity index is 633. The molecule has 0 spiro atoms. The molecule has 0 unspecified atom stereocenters. The molecule has 0 amide bonds. The Morgan fingerprint density at radius 3 is 2.57 bits per heavy atom. The van der Waals surface area contributed by atoms with Crippen LogP contribution < -0.4 is 21.3 Å². The molecule has 0 bridgehead atoms. The molecule has 0 radical (unpaired) electrons. The lowest BCUT2D eigenvalue weighted by atomic mass is 10.0. The number of anilines is 3. The van der Waals surface area contributed by atoms with Gasteiger partial charge in [0.1, 0.15) is 23.7 Å². The van der Waals surface area contributed by atoms with Crippen LogP contribution >= 0.6 is 11.6 Å². The van der Waals surface area contributed by atoms with Crippen LogP contribution in [-0.2, 0) is 0 Å². The Morgan fingerprint density at radius 1 is 1.24 bits per heavy atom. The minimum atomic E-state index is 0.185. The van der Waals surface area contributed by atoms with Crippen molar-refractivity contribution in [3.8, 4) is 5.75 Å². The molecule has 112 valence electrons. The van der Waals surface area contributed by atoms with Gasteiger partial charge < -0.3 is 15.5 Å². The lowest BCUT2D eigenvalue weighted by Crippen LogP contribution is -2.14. The highest BCUT2D eigenvalue weighted by Crippen LogP contribution is 2.34. The molecule has 4 N–H and O–H groups in total. The third-order valence-electron chi connectivity index (χ3n) is 3.01. The molecule has 1 heterocycles. The number of methoxy groups -OCH3 is 1. The van der Waals surface area contributed by atoms with E-state index < -0.39 is 0 Å². The first-order valence-electron chi connectivity index (χ1n) is 6.49. The lowest BCUT2D eigenvalue weighted by molar-refractivity contribution is 0.417. The summed E-state index contributed by atoms with van der Waals surface area (Å²) in [7, 11) is 1.60. The van der Waals surface area contributed by atoms with Gasteiger partial charge in [0.2, 0.25) is 0 Å². The van der Waals surface area contributed by atoms with E-state index in [0.29, 0.717) is 22.4 Å². The van der Waals surface area contributed by atoms with E-state index in [2.05, 4.69) is 20.7 Å². The van der Waals surface area contributed by atoms with Crippen molar-refractivity contribution in [3.05, 3.63) is 35.1 Å². The zero-order chi connectivity index (χ0) is 15.4. The number of ether oxygens (including phenoxy) is 1. The number of nitrogens with two attached hydrogens (primary N) is 1. The Hall–Kier alpha value is -2.05. The van der Waals surface area contributed by atoms with Gasteiger partial charge in [-0.3, -0.25) is 0 Å². The quantitative estimate of drug-likeness (QED) is 0.580. The van der Waals surface area contributed by atoms with Gasteiger partial charge in [-0.1, -0.05) is 25.4 Å². The van der Waals surface area contributed by atoms with Crippen LogP contribution in [0.25, 0.3) is 0 Å². The van der Waals surface area contributed by atoms with Gasteiger partial charge in [0.25, 0.3) is 0 Å². The second-order valence-electron chi connectivity index (χ2n) is 4.75. The first-order chi connectivity index (χ1) is 10.1. The molecule has 6 nitrogen and oxygen atoms in total. The molecular weight excluding hydrogens is 290 g/mol. The van der Waals surface area contributed by atoms with E-state index in [1.807, 2.05) is 13.8 Å². The predicted molar refractivity (Wildman–Crippen MR) is 85.2 cm³/mol. The van der Waals surface area contributed by atoms with E-state index in [-0.39, 0.29) is 5.92 Å². The average Bonchev–Trinajstić information content (AvgIpc) is 2.47. The molecular formula is C14H18ClN5O. The zero-order valence-electron chi connectivity index (χ0n) is 12.1. The first-order valence-corrected chi connectivity index (χ1v) is 6.86. The molecule has 0 aliphatic rings. The maximum atomic E-state index is 6.04. The van der Waals surface area contributed by atoms with Gasteiger partial charge in [-0.15, -0.1) is 0 Å². The normalized spacial score (nSPS) is 10.6. The molecule has 1 aromatic carbocycles. The van der Waals surface area contributed by atoms with Crippen molar-refractivity contribution in [2.75, 3.05) is 17.9 Å². The van der Waals surface area contributed by atoms with Crippen molar-refractivity contribution in [1.29, 1.82) is 0 Å². The van der Waals surface area contributed by atoms with Gasteiger partial charge in [0.15, 0.2) is 0 Å². The van der Waals surface area contributed by atoms with E-state index in [9.17, 15) is 0 Å². The molecule has 0 saturated heterocycles. The average molecular weight is 308 g/mol. The fourth-order valence-corrected chi connectivity index (χ4v) is 2.23. The summed E-state index contributed by atoms with van der Waals surface area (Å²) in [6.45, 7) is 4.08. The minimum Gasteiger partial charge on any atom is -0.495 e. The summed E-state index contributed by atoms with van der Waals surface area (Å²) in [4.78, 5) is 8.43. The van der Waals surface area contributed by atoms with Gasteiger partial charge in [0.05, 0.1) is 12.8 Å². The number of hydrogen-bond donors (Lipinski definition) is 3. The third-order valence-corrected chi connectivity index (χ3v) is 3.25. The van der Waals surface area contributed by atoms with E-state index in [1.165, 1.54) is 6.33 Å². The number of nitrogen functional groups attached to an aromatic ring is 1.